The fourth-order valence-corrected chi connectivity index (χ4v) is 6.22. The van der Waals surface area contributed by atoms with Crippen molar-refractivity contribution in [2.45, 2.75) is 46.2 Å². The van der Waals surface area contributed by atoms with Gasteiger partial charge in [-0.1, -0.05) is 29.0 Å². The van der Waals surface area contributed by atoms with Gasteiger partial charge in [0.15, 0.2) is 0 Å². The van der Waals surface area contributed by atoms with Crippen molar-refractivity contribution in [1.82, 2.24) is 23.8 Å². The Morgan fingerprint density at radius 2 is 1.88 bits per heavy atom. The monoisotopic (exact) mass is 583 g/mol. The number of rotatable bonds is 9. The number of nitrogens with zero attached hydrogens (tertiary/aromatic N) is 5. The number of methoxy groups -OCH3 is 2. The van der Waals surface area contributed by atoms with Gasteiger partial charge in [0.25, 0.3) is 5.56 Å². The van der Waals surface area contributed by atoms with Crippen LogP contribution in [-0.4, -0.2) is 75.4 Å². The Bertz CT molecular complexity index is 1600. The van der Waals surface area contributed by atoms with Crippen molar-refractivity contribution in [3.05, 3.63) is 74.2 Å². The lowest BCUT2D eigenvalue weighted by Crippen LogP contribution is -2.44. The van der Waals surface area contributed by atoms with Gasteiger partial charge in [-0.25, -0.2) is 9.48 Å². The molecule has 3 aromatic heterocycles. The molecule has 1 fully saturated rings. The molecule has 5 rings (SSSR count). The van der Waals surface area contributed by atoms with Crippen molar-refractivity contribution < 1.29 is 19.4 Å². The topological polar surface area (TPSA) is 121 Å². The van der Waals surface area contributed by atoms with Crippen LogP contribution in [0.25, 0.3) is 15.2 Å². The zero-order valence-electron chi connectivity index (χ0n) is 24.0. The van der Waals surface area contributed by atoms with Crippen LogP contribution in [0.15, 0.2) is 46.2 Å². The largest absolute Gasteiger partial charge is 0.496 e. The fourth-order valence-electron chi connectivity index (χ4n) is 4.96. The maximum Gasteiger partial charge on any atom is 0.332 e. The lowest BCUT2D eigenvalue weighted by molar-refractivity contribution is -0.130. The first-order valence-corrected chi connectivity index (χ1v) is 14.4. The molecular formula is C29H37N5O6S. The highest BCUT2D eigenvalue weighted by Crippen LogP contribution is 2.31. The Hall–Kier alpha value is -3.74. The summed E-state index contributed by atoms with van der Waals surface area (Å²) in [7, 11) is 3.18. The van der Waals surface area contributed by atoms with E-state index in [0.717, 1.165) is 44.8 Å². The Morgan fingerprint density at radius 3 is 2.49 bits per heavy atom. The molecular weight excluding hydrogens is 546 g/mol. The molecule has 0 radical (unpaired) electrons. The van der Waals surface area contributed by atoms with Gasteiger partial charge < -0.3 is 19.5 Å². The Morgan fingerprint density at radius 1 is 1.12 bits per heavy atom. The van der Waals surface area contributed by atoms with E-state index in [1.54, 1.807) is 34.6 Å². The second-order valence-corrected chi connectivity index (χ2v) is 10.8. The molecule has 0 aliphatic carbocycles. The number of amides is 1. The lowest BCUT2D eigenvalue weighted by atomic mass is 10.1. The molecule has 4 aromatic rings. The van der Waals surface area contributed by atoms with Crippen molar-refractivity contribution in [3.8, 4) is 10.8 Å². The highest BCUT2D eigenvalue weighted by Gasteiger charge is 2.24. The fraction of sp³-hybridized carbons (Fsp3) is 0.448. The summed E-state index contributed by atoms with van der Waals surface area (Å²) in [5.74, 6) is 0.556. The second kappa shape index (κ2) is 13.7. The maximum absolute atomic E-state index is 13.7. The van der Waals surface area contributed by atoms with Crippen LogP contribution >= 0.6 is 11.3 Å². The van der Waals surface area contributed by atoms with Crippen molar-refractivity contribution in [1.29, 1.82) is 0 Å². The van der Waals surface area contributed by atoms with Crippen LogP contribution < -0.4 is 16.0 Å². The molecule has 1 N–H and O–H groups in total. The number of ether oxygens (including phenoxy) is 2. The predicted molar refractivity (Wildman–Crippen MR) is 158 cm³/mol. The van der Waals surface area contributed by atoms with Crippen molar-refractivity contribution in [2.75, 3.05) is 40.5 Å². The third-order valence-electron chi connectivity index (χ3n) is 7.07. The molecule has 1 saturated heterocycles. The highest BCUT2D eigenvalue weighted by molar-refractivity contribution is 7.21. The number of carbonyl (C=O) groups excluding carboxylic acids is 1. The number of aromatic nitrogens is 4. The summed E-state index contributed by atoms with van der Waals surface area (Å²) >= 11 is 1.36. The number of hydrogen-bond acceptors (Lipinski definition) is 8. The van der Waals surface area contributed by atoms with E-state index in [-0.39, 0.29) is 19.1 Å². The van der Waals surface area contributed by atoms with E-state index in [1.807, 2.05) is 44.3 Å². The van der Waals surface area contributed by atoms with Crippen LogP contribution in [0.3, 0.4) is 0 Å². The molecule has 1 aliphatic heterocycles. The average molecular weight is 584 g/mol. The van der Waals surface area contributed by atoms with Crippen LogP contribution in [-0.2, 0) is 29.0 Å². The van der Waals surface area contributed by atoms with Crippen molar-refractivity contribution in [3.63, 3.8) is 0 Å². The molecule has 0 atom stereocenters. The summed E-state index contributed by atoms with van der Waals surface area (Å²) in [5, 5.41) is 13.5. The smallest absolute Gasteiger partial charge is 0.332 e. The first kappa shape index (κ1) is 30.2. The van der Waals surface area contributed by atoms with E-state index in [0.29, 0.717) is 42.9 Å². The zero-order valence-corrected chi connectivity index (χ0v) is 24.8. The summed E-state index contributed by atoms with van der Waals surface area (Å²) in [6.07, 6.45) is 5.91. The number of fused-ring (bicyclic) bond motifs is 1. The lowest BCUT2D eigenvalue weighted by Gasteiger charge is -2.17. The Balaban J connectivity index is 0.000000714. The van der Waals surface area contributed by atoms with Gasteiger partial charge in [0, 0.05) is 44.7 Å². The molecule has 0 unspecified atom stereocenters. The van der Waals surface area contributed by atoms with Gasteiger partial charge in [0.1, 0.15) is 22.1 Å². The maximum atomic E-state index is 13.7. The number of carbonyl (C=O) groups is 1. The molecule has 0 bridgehead atoms. The summed E-state index contributed by atoms with van der Waals surface area (Å²) in [4.78, 5) is 42.6. The van der Waals surface area contributed by atoms with Gasteiger partial charge in [-0.3, -0.25) is 18.7 Å². The molecule has 220 valence electrons. The molecule has 4 heterocycles. The molecule has 0 spiro atoms. The predicted octanol–water partition coefficient (Wildman–Crippen LogP) is 2.53. The van der Waals surface area contributed by atoms with Gasteiger partial charge >= 0.3 is 5.69 Å². The Labute approximate surface area is 242 Å². The van der Waals surface area contributed by atoms with E-state index < -0.39 is 11.2 Å². The normalized spacial score (nSPS) is 13.0. The molecule has 1 aliphatic rings. The molecule has 11 nitrogen and oxygen atoms in total. The zero-order chi connectivity index (χ0) is 29.5. The highest BCUT2D eigenvalue weighted by atomic mass is 32.1. The van der Waals surface area contributed by atoms with Crippen LogP contribution in [0, 0.1) is 13.8 Å². The van der Waals surface area contributed by atoms with Crippen LogP contribution in [0.4, 0.5) is 0 Å². The minimum atomic E-state index is -0.472. The number of aliphatic hydroxyl groups is 1. The number of likely N-dealkylation sites (tertiary alicyclic amines) is 1. The standard InChI is InChI=1S/C26H29N5O4S.C3H8O2/c1-17-7-8-20(35-3)19(15-17)9-14-29-25-22(18(2)24(36-25)31-13-6-10-27-31)23(33)30(26(29)34)16-21(32)28-11-4-5-12-28;1-5-3-2-4/h6-8,10,13,15H,4-5,9,11-12,14,16H2,1-3H3;4H,2-3H2,1H3. The van der Waals surface area contributed by atoms with E-state index in [2.05, 4.69) is 9.84 Å². The van der Waals surface area contributed by atoms with Crippen LogP contribution in [0.5, 0.6) is 5.75 Å². The number of aliphatic hydroxyl groups excluding tert-OH is 1. The third-order valence-corrected chi connectivity index (χ3v) is 8.37. The van der Waals surface area contributed by atoms with Gasteiger partial charge in [0.2, 0.25) is 5.91 Å². The Kier molecular flexibility index (Phi) is 10.1. The van der Waals surface area contributed by atoms with E-state index in [9.17, 15) is 14.4 Å². The minimum Gasteiger partial charge on any atom is -0.496 e. The molecule has 12 heteroatoms. The number of aryl methyl sites for hydroxylation is 4. The second-order valence-electron chi connectivity index (χ2n) is 9.86. The van der Waals surface area contributed by atoms with E-state index >= 15 is 0 Å². The van der Waals surface area contributed by atoms with Crippen LogP contribution in [0.2, 0.25) is 0 Å². The number of benzene rings is 1. The van der Waals surface area contributed by atoms with Crippen LogP contribution in [0.1, 0.15) is 29.5 Å². The number of thiophene rings is 1. The SMILES string of the molecule is COCCO.COc1ccc(C)cc1CCn1c(=O)n(CC(=O)N2CCCC2)c(=O)c2c(C)c(-n3cccn3)sc21. The summed E-state index contributed by atoms with van der Waals surface area (Å²) < 4.78 is 14.4. The van der Waals surface area contributed by atoms with Gasteiger partial charge in [-0.05, 0) is 50.8 Å². The van der Waals surface area contributed by atoms with Crippen molar-refractivity contribution >= 4 is 27.5 Å². The molecule has 0 saturated carbocycles. The van der Waals surface area contributed by atoms with E-state index in [1.165, 1.54) is 11.3 Å². The first-order chi connectivity index (χ1) is 19.8. The third kappa shape index (κ3) is 6.61. The quantitative estimate of drug-likeness (QED) is 0.322. The summed E-state index contributed by atoms with van der Waals surface area (Å²) in [6.45, 7) is 5.85. The average Bonchev–Trinajstić information content (AvgIpc) is 3.74. The summed E-state index contributed by atoms with van der Waals surface area (Å²) in [6, 6.07) is 7.76. The van der Waals surface area contributed by atoms with Gasteiger partial charge in [-0.2, -0.15) is 5.10 Å². The van der Waals surface area contributed by atoms with Gasteiger partial charge in [0.05, 0.1) is 25.7 Å². The summed E-state index contributed by atoms with van der Waals surface area (Å²) in [5.41, 5.74) is 1.91. The number of hydrogen-bond donors (Lipinski definition) is 1. The molecule has 41 heavy (non-hydrogen) atoms. The van der Waals surface area contributed by atoms with Gasteiger partial charge in [-0.15, -0.1) is 0 Å². The van der Waals surface area contributed by atoms with Crippen molar-refractivity contribution in [2.24, 2.45) is 0 Å². The van der Waals surface area contributed by atoms with E-state index in [4.69, 9.17) is 9.84 Å². The molecule has 1 aromatic carbocycles. The first-order valence-electron chi connectivity index (χ1n) is 13.6. The minimum absolute atomic E-state index is 0.122. The molecule has 1 amide bonds.